The first-order valence-electron chi connectivity index (χ1n) is 5.72. The Morgan fingerprint density at radius 3 is 2.53 bits per heavy atom. The maximum absolute atomic E-state index is 11.3. The van der Waals surface area contributed by atoms with Crippen LogP contribution in [0, 0.1) is 0 Å². The average Bonchev–Trinajstić information content (AvgIpc) is 2.28. The largest absolute Gasteiger partial charge is 0.492 e. The first-order valence-corrected chi connectivity index (χ1v) is 8.03. The minimum absolute atomic E-state index is 0.0390. The molecule has 0 aliphatic heterocycles. The quantitative estimate of drug-likeness (QED) is 0.565. The Balaban J connectivity index is 2.59. The predicted octanol–water partition coefficient (Wildman–Crippen LogP) is 3.57. The van der Waals surface area contributed by atoms with E-state index in [1.807, 2.05) is 0 Å². The van der Waals surface area contributed by atoms with Gasteiger partial charge >= 0.3 is 0 Å². The number of hydrogen-bond donors (Lipinski definition) is 0. The molecule has 0 saturated heterocycles. The van der Waals surface area contributed by atoms with E-state index in [2.05, 4.69) is 6.92 Å². The molecule has 1 aromatic carbocycles. The molecule has 0 N–H and O–H groups in total. The van der Waals surface area contributed by atoms with Gasteiger partial charge in [-0.15, -0.1) is 0 Å². The molecule has 0 aliphatic rings. The van der Waals surface area contributed by atoms with Crippen molar-refractivity contribution in [3.05, 3.63) is 24.3 Å². The molecule has 0 amide bonds. The summed E-state index contributed by atoms with van der Waals surface area (Å²) in [5.41, 5.74) is 0. The Labute approximate surface area is 107 Å². The second kappa shape index (κ2) is 6.87. The third-order valence-electron chi connectivity index (χ3n) is 2.37. The monoisotopic (exact) mass is 276 g/mol. The zero-order valence-corrected chi connectivity index (χ0v) is 11.4. The molecule has 1 aromatic rings. The fourth-order valence-electron chi connectivity index (χ4n) is 1.48. The lowest BCUT2D eigenvalue weighted by Gasteiger charge is -2.08. The normalized spacial score (nSPS) is 11.4. The standard InChI is InChI=1S/C12H17ClO3S/c1-2-3-4-7-10-16-11-8-5-6-9-12(11)17(13,14)15/h5-6,8-9H,2-4,7,10H2,1H3. The molecule has 0 aromatic heterocycles. The van der Waals surface area contributed by atoms with Crippen molar-refractivity contribution in [3.63, 3.8) is 0 Å². The topological polar surface area (TPSA) is 43.4 Å². The van der Waals surface area contributed by atoms with Gasteiger partial charge in [-0.25, -0.2) is 8.42 Å². The van der Waals surface area contributed by atoms with E-state index in [4.69, 9.17) is 15.4 Å². The van der Waals surface area contributed by atoms with Crippen LogP contribution in [0.15, 0.2) is 29.2 Å². The average molecular weight is 277 g/mol. The number of ether oxygens (including phenoxy) is 1. The molecule has 0 spiro atoms. The molecule has 0 bridgehead atoms. The summed E-state index contributed by atoms with van der Waals surface area (Å²) in [6, 6.07) is 6.42. The highest BCUT2D eigenvalue weighted by molar-refractivity contribution is 8.13. The number of halogens is 1. The second-order valence-electron chi connectivity index (χ2n) is 3.79. The maximum atomic E-state index is 11.3. The lowest BCUT2D eigenvalue weighted by molar-refractivity contribution is 0.298. The number of benzene rings is 1. The van der Waals surface area contributed by atoms with E-state index in [9.17, 15) is 8.42 Å². The summed E-state index contributed by atoms with van der Waals surface area (Å²) in [6.45, 7) is 2.65. The van der Waals surface area contributed by atoms with E-state index < -0.39 is 9.05 Å². The van der Waals surface area contributed by atoms with Gasteiger partial charge < -0.3 is 4.74 Å². The summed E-state index contributed by atoms with van der Waals surface area (Å²) >= 11 is 0. The molecule has 0 atom stereocenters. The van der Waals surface area contributed by atoms with E-state index in [1.165, 1.54) is 12.5 Å². The Morgan fingerprint density at radius 1 is 1.18 bits per heavy atom. The van der Waals surface area contributed by atoms with E-state index in [-0.39, 0.29) is 4.90 Å². The van der Waals surface area contributed by atoms with E-state index in [0.29, 0.717) is 12.4 Å². The Morgan fingerprint density at radius 2 is 1.88 bits per heavy atom. The SMILES string of the molecule is CCCCCCOc1ccccc1S(=O)(=O)Cl. The molecule has 1 rings (SSSR count). The van der Waals surface area contributed by atoms with Crippen LogP contribution in [0.25, 0.3) is 0 Å². The molecule has 3 nitrogen and oxygen atoms in total. The Kier molecular flexibility index (Phi) is 5.78. The third kappa shape index (κ3) is 4.96. The van der Waals surface area contributed by atoms with Crippen LogP contribution in [0.1, 0.15) is 32.6 Å². The highest BCUT2D eigenvalue weighted by Gasteiger charge is 2.15. The summed E-state index contributed by atoms with van der Waals surface area (Å²) in [6.07, 6.45) is 4.34. The van der Waals surface area contributed by atoms with Gasteiger partial charge in [0.1, 0.15) is 10.6 Å². The minimum atomic E-state index is -3.73. The summed E-state index contributed by atoms with van der Waals surface area (Å²) in [7, 11) is 1.58. The summed E-state index contributed by atoms with van der Waals surface area (Å²) in [5, 5.41) is 0. The van der Waals surface area contributed by atoms with Gasteiger partial charge in [-0.2, -0.15) is 0 Å². The van der Waals surface area contributed by atoms with Crippen molar-refractivity contribution in [2.45, 2.75) is 37.5 Å². The third-order valence-corrected chi connectivity index (χ3v) is 3.73. The minimum Gasteiger partial charge on any atom is -0.492 e. The molecule has 0 saturated carbocycles. The van der Waals surface area contributed by atoms with Crippen molar-refractivity contribution < 1.29 is 13.2 Å². The highest BCUT2D eigenvalue weighted by Crippen LogP contribution is 2.26. The molecular weight excluding hydrogens is 260 g/mol. The molecule has 0 fully saturated rings. The molecular formula is C12H17ClO3S. The van der Waals surface area contributed by atoms with Crippen LogP contribution in [0.3, 0.4) is 0 Å². The number of rotatable bonds is 7. The fraction of sp³-hybridized carbons (Fsp3) is 0.500. The van der Waals surface area contributed by atoms with E-state index in [0.717, 1.165) is 19.3 Å². The zero-order valence-electron chi connectivity index (χ0n) is 9.86. The highest BCUT2D eigenvalue weighted by atomic mass is 35.7. The predicted molar refractivity (Wildman–Crippen MR) is 69.1 cm³/mol. The van der Waals surface area contributed by atoms with Gasteiger partial charge in [0.15, 0.2) is 0 Å². The van der Waals surface area contributed by atoms with Crippen molar-refractivity contribution in [3.8, 4) is 5.75 Å². The van der Waals surface area contributed by atoms with Crippen LogP contribution in [0.5, 0.6) is 5.75 Å². The van der Waals surface area contributed by atoms with Gasteiger partial charge in [0.25, 0.3) is 9.05 Å². The van der Waals surface area contributed by atoms with Crippen LogP contribution in [0.4, 0.5) is 0 Å². The smallest absolute Gasteiger partial charge is 0.264 e. The van der Waals surface area contributed by atoms with Crippen LogP contribution in [-0.4, -0.2) is 15.0 Å². The van der Waals surface area contributed by atoms with E-state index >= 15 is 0 Å². The van der Waals surface area contributed by atoms with Crippen LogP contribution in [0.2, 0.25) is 0 Å². The number of unbranched alkanes of at least 4 members (excludes halogenated alkanes) is 3. The first kappa shape index (κ1) is 14.3. The lowest BCUT2D eigenvalue weighted by Crippen LogP contribution is -2.01. The summed E-state index contributed by atoms with van der Waals surface area (Å²) < 4.78 is 28.0. The zero-order chi connectivity index (χ0) is 12.7. The van der Waals surface area contributed by atoms with Gasteiger partial charge in [-0.3, -0.25) is 0 Å². The molecule has 96 valence electrons. The molecule has 17 heavy (non-hydrogen) atoms. The van der Waals surface area contributed by atoms with Crippen molar-refractivity contribution in [1.82, 2.24) is 0 Å². The van der Waals surface area contributed by atoms with Gasteiger partial charge in [0, 0.05) is 10.7 Å². The number of hydrogen-bond acceptors (Lipinski definition) is 3. The molecule has 0 unspecified atom stereocenters. The van der Waals surface area contributed by atoms with Crippen LogP contribution >= 0.6 is 10.7 Å². The first-order chi connectivity index (χ1) is 8.05. The van der Waals surface area contributed by atoms with E-state index in [1.54, 1.807) is 18.2 Å². The van der Waals surface area contributed by atoms with Gasteiger partial charge in [-0.05, 0) is 18.6 Å². The van der Waals surface area contributed by atoms with Gasteiger partial charge in [0.2, 0.25) is 0 Å². The van der Waals surface area contributed by atoms with Crippen molar-refractivity contribution >= 4 is 19.7 Å². The maximum Gasteiger partial charge on any atom is 0.264 e. The fourth-order valence-corrected chi connectivity index (χ4v) is 2.47. The summed E-state index contributed by atoms with van der Waals surface area (Å²) in [4.78, 5) is 0.0390. The van der Waals surface area contributed by atoms with Gasteiger partial charge in [0.05, 0.1) is 6.61 Å². The Bertz CT molecular complexity index is 443. The van der Waals surface area contributed by atoms with Crippen molar-refractivity contribution in [1.29, 1.82) is 0 Å². The number of para-hydroxylation sites is 1. The lowest BCUT2D eigenvalue weighted by atomic mass is 10.2. The van der Waals surface area contributed by atoms with Gasteiger partial charge in [-0.1, -0.05) is 38.3 Å². The van der Waals surface area contributed by atoms with Crippen molar-refractivity contribution in [2.24, 2.45) is 0 Å². The molecule has 0 radical (unpaired) electrons. The molecule has 0 aliphatic carbocycles. The molecule has 5 heteroatoms. The second-order valence-corrected chi connectivity index (χ2v) is 6.33. The van der Waals surface area contributed by atoms with Crippen molar-refractivity contribution in [2.75, 3.05) is 6.61 Å². The summed E-state index contributed by atoms with van der Waals surface area (Å²) in [5.74, 6) is 0.332. The van der Waals surface area contributed by atoms with Crippen LogP contribution in [-0.2, 0) is 9.05 Å². The Hall–Kier alpha value is -0.740. The molecule has 0 heterocycles. The van der Waals surface area contributed by atoms with Crippen LogP contribution < -0.4 is 4.74 Å².